The molecule has 0 saturated carbocycles. The molecule has 9 aromatic heterocycles. The van der Waals surface area contributed by atoms with Crippen molar-refractivity contribution >= 4 is 0 Å². The van der Waals surface area contributed by atoms with Crippen LogP contribution in [0.5, 0.6) is 0 Å². The smallest absolute Gasteiger partial charge is 0.138 e. The lowest BCUT2D eigenvalue weighted by molar-refractivity contribution is 0.925. The first-order valence-corrected chi connectivity index (χ1v) is 28.3. The van der Waals surface area contributed by atoms with Gasteiger partial charge in [-0.3, -0.25) is 19.9 Å². The molecule has 0 aliphatic carbocycles. The van der Waals surface area contributed by atoms with Crippen molar-refractivity contribution in [3.63, 3.8) is 0 Å². The van der Waals surface area contributed by atoms with E-state index < -0.39 is 0 Å². The molecule has 9 aromatic rings. The van der Waals surface area contributed by atoms with Crippen LogP contribution in [0.1, 0.15) is 175 Å². The van der Waals surface area contributed by atoms with E-state index in [1.165, 1.54) is 30.1 Å². The summed E-state index contributed by atoms with van der Waals surface area (Å²) in [7, 11) is 0. The normalized spacial score (nSPS) is 7.44. The first-order valence-electron chi connectivity index (χ1n) is 28.3. The Balaban J connectivity index is -0.0000000993. The molecule has 0 atom stereocenters. The van der Waals surface area contributed by atoms with Crippen molar-refractivity contribution < 1.29 is 0 Å². The van der Waals surface area contributed by atoms with Gasteiger partial charge >= 0.3 is 0 Å². The number of aryl methyl sites for hydroxylation is 9. The highest BCUT2D eigenvalue weighted by Crippen LogP contribution is 1.90. The van der Waals surface area contributed by atoms with Gasteiger partial charge < -0.3 is 0 Å². The molecule has 0 spiro atoms. The molecule has 9 heterocycles. The fourth-order valence-electron chi connectivity index (χ4n) is 3.40. The third kappa shape index (κ3) is 85.9. The van der Waals surface area contributed by atoms with Crippen LogP contribution in [-0.2, 0) is 0 Å². The predicted octanol–water partition coefficient (Wildman–Crippen LogP) is 16.9. The third-order valence-corrected chi connectivity index (χ3v) is 6.50. The number of hydrogen-bond acceptors (Lipinski definition) is 17. The second kappa shape index (κ2) is 88.4. The molecule has 0 bridgehead atoms. The van der Waals surface area contributed by atoms with Gasteiger partial charge in [-0.1, -0.05) is 131 Å². The summed E-state index contributed by atoms with van der Waals surface area (Å²) >= 11 is 0. The van der Waals surface area contributed by atoms with Crippen molar-refractivity contribution in [2.45, 2.75) is 187 Å². The molecule has 0 N–H and O–H groups in total. The average Bonchev–Trinajstić information content (AvgIpc) is 3.55. The van der Waals surface area contributed by atoms with Gasteiger partial charge in [0.05, 0.1) is 29.5 Å². The first-order chi connectivity index (χ1) is 39.5. The lowest BCUT2D eigenvalue weighted by Crippen LogP contribution is -1.84. The van der Waals surface area contributed by atoms with E-state index in [2.05, 4.69) is 85.4 Å². The van der Waals surface area contributed by atoms with Crippen LogP contribution in [0, 0.1) is 62.3 Å². The molecule has 0 aromatic carbocycles. The molecule has 450 valence electrons. The molecule has 0 radical (unpaired) electrons. The Bertz CT molecular complexity index is 1760. The Labute approximate surface area is 493 Å². The van der Waals surface area contributed by atoms with E-state index in [1.807, 2.05) is 242 Å². The molecule has 17 nitrogen and oxygen atoms in total. The third-order valence-electron chi connectivity index (χ3n) is 6.50. The maximum absolute atomic E-state index is 3.92. The zero-order chi connectivity index (χ0) is 64.0. The van der Waals surface area contributed by atoms with Crippen molar-refractivity contribution in [3.05, 3.63) is 224 Å². The number of pyridine rings is 2. The van der Waals surface area contributed by atoms with E-state index in [9.17, 15) is 0 Å². The van der Waals surface area contributed by atoms with Gasteiger partial charge in [-0.15, -0.1) is 5.10 Å². The van der Waals surface area contributed by atoms with Crippen molar-refractivity contribution in [1.29, 1.82) is 0 Å². The number of nitrogens with zero attached hydrogens (tertiary/aromatic N) is 17. The SMILES string of the molecule is CC.CC.CC.CC.CC.CC.CC.CC.CC.Cc1cccnc1.Cc1cccnn1.Cc1ccncc1.Cc1ccncn1.Cc1ccnnc1.Cc1cnccn1.Cc1cncnc1.Cc1cncnn1.Cc1ncccn1. The fraction of sp³-hybridized carbons (Fsp3) is 0.422. The second-order valence-electron chi connectivity index (χ2n) is 12.5. The quantitative estimate of drug-likeness (QED) is 0.138. The molecule has 0 saturated heterocycles. The Morgan fingerprint density at radius 2 is 0.704 bits per heavy atom. The summed E-state index contributed by atoms with van der Waals surface area (Å²) < 4.78 is 0. The lowest BCUT2D eigenvalue weighted by atomic mass is 10.3. The lowest BCUT2D eigenvalue weighted by Gasteiger charge is -1.82. The minimum atomic E-state index is 0.822. The number of aromatic nitrogens is 17. The summed E-state index contributed by atoms with van der Waals surface area (Å²) in [5.41, 5.74) is 8.50. The van der Waals surface area contributed by atoms with Crippen LogP contribution in [0.3, 0.4) is 0 Å². The largest absolute Gasteiger partial charge is 0.265 e. The summed E-state index contributed by atoms with van der Waals surface area (Å²) in [5.74, 6) is 0.822. The van der Waals surface area contributed by atoms with E-state index in [0.717, 1.165) is 39.7 Å². The van der Waals surface area contributed by atoms with Gasteiger partial charge in [0.25, 0.3) is 0 Å². The summed E-state index contributed by atoms with van der Waals surface area (Å²) in [4.78, 5) is 42.1. The van der Waals surface area contributed by atoms with Crippen LogP contribution in [0.2, 0.25) is 0 Å². The maximum Gasteiger partial charge on any atom is 0.138 e. The van der Waals surface area contributed by atoms with Crippen molar-refractivity contribution in [1.82, 2.24) is 85.4 Å². The van der Waals surface area contributed by atoms with Gasteiger partial charge in [0.15, 0.2) is 0 Å². The highest BCUT2D eigenvalue weighted by molar-refractivity contribution is 5.06. The Kier molecular flexibility index (Phi) is 101. The average molecular weight is 1120 g/mol. The van der Waals surface area contributed by atoms with E-state index in [4.69, 9.17) is 0 Å². The monoisotopic (exact) mass is 1120 g/mol. The number of rotatable bonds is 0. The molecule has 0 aliphatic heterocycles. The van der Waals surface area contributed by atoms with Gasteiger partial charge in [-0.05, 0) is 133 Å². The fourth-order valence-corrected chi connectivity index (χ4v) is 3.40. The van der Waals surface area contributed by atoms with Gasteiger partial charge in [0, 0.05) is 92.4 Å². The van der Waals surface area contributed by atoms with E-state index >= 15 is 0 Å². The highest BCUT2D eigenvalue weighted by Gasteiger charge is 1.79. The minimum absolute atomic E-state index is 0.822. The Morgan fingerprint density at radius 3 is 0.926 bits per heavy atom. The van der Waals surface area contributed by atoms with E-state index in [-0.39, 0.29) is 0 Å². The van der Waals surface area contributed by atoms with Gasteiger partial charge in [-0.2, -0.15) is 25.5 Å². The van der Waals surface area contributed by atoms with Crippen molar-refractivity contribution in [2.24, 2.45) is 0 Å². The second-order valence-corrected chi connectivity index (χ2v) is 12.5. The molecule has 81 heavy (non-hydrogen) atoms. The zero-order valence-corrected chi connectivity index (χ0v) is 55.3. The standard InChI is InChI=1S/2C6H7N.6C5H6N2.C4H5N3.9C2H6/c1-6-2-4-7-5-3-6;1-6-3-2-4-7-5-6;1-5-2-6-4-7-3-5;1-5-4-6-2-3-7-5;1-5-2-3-6-4-7-5;1-5-2-3-6-7-4-5;1-5-6-3-2-4-7-5;1-5-3-2-4-6-7-5;1-4-2-5-3-6-7-4;9*1-2/h2*2-5H,1H3;6*2-4H,1H3;2-3H,1H3;9*1-2H3. The molecule has 0 amide bonds. The first kappa shape index (κ1) is 92.2. The molecule has 0 aliphatic rings. The van der Waals surface area contributed by atoms with Crippen molar-refractivity contribution in [3.8, 4) is 0 Å². The zero-order valence-electron chi connectivity index (χ0n) is 55.3. The summed E-state index contributed by atoms with van der Waals surface area (Å²) in [5, 5.41) is 21.8. The molecule has 0 fully saturated rings. The summed E-state index contributed by atoms with van der Waals surface area (Å²) in [6, 6.07) is 17.2. The molecule has 17 heteroatoms. The highest BCUT2D eigenvalue weighted by atomic mass is 15.1. The maximum atomic E-state index is 3.92. The van der Waals surface area contributed by atoms with Crippen LogP contribution in [0.25, 0.3) is 0 Å². The van der Waals surface area contributed by atoms with Gasteiger partial charge in [-0.25, -0.2) is 34.9 Å². The van der Waals surface area contributed by atoms with Crippen LogP contribution in [-0.4, -0.2) is 85.4 Å². The van der Waals surface area contributed by atoms with Crippen LogP contribution >= 0.6 is 0 Å². The van der Waals surface area contributed by atoms with Gasteiger partial charge in [0.2, 0.25) is 0 Å². The Morgan fingerprint density at radius 1 is 0.222 bits per heavy atom. The van der Waals surface area contributed by atoms with Crippen LogP contribution in [0.15, 0.2) is 173 Å². The van der Waals surface area contributed by atoms with Crippen LogP contribution < -0.4 is 0 Å². The topological polar surface area (TPSA) is 219 Å². The Hall–Kier alpha value is -8.21. The predicted molar refractivity (Wildman–Crippen MR) is 345 cm³/mol. The number of hydrogen-bond donors (Lipinski definition) is 0. The van der Waals surface area contributed by atoms with Crippen LogP contribution in [0.4, 0.5) is 0 Å². The van der Waals surface area contributed by atoms with Gasteiger partial charge in [0.1, 0.15) is 24.8 Å². The summed E-state index contributed by atoms with van der Waals surface area (Å²) in [6.45, 7) is 53.5. The van der Waals surface area contributed by atoms with E-state index in [1.54, 1.807) is 99.0 Å². The van der Waals surface area contributed by atoms with Crippen molar-refractivity contribution in [2.75, 3.05) is 0 Å². The molecular weight excluding hydrogens is 1010 g/mol. The minimum Gasteiger partial charge on any atom is -0.265 e. The van der Waals surface area contributed by atoms with E-state index in [0.29, 0.717) is 0 Å². The molecular formula is C64H109N17. The summed E-state index contributed by atoms with van der Waals surface area (Å²) in [6.07, 6.45) is 32.1. The molecule has 9 rings (SSSR count). The molecule has 0 unspecified atom stereocenters.